The SMILES string of the molecule is Cn1ccc(CNC(=O)NCC[C@H](N)C(=O)O)c1. The number of hydrogen-bond donors (Lipinski definition) is 4. The summed E-state index contributed by atoms with van der Waals surface area (Å²) in [7, 11) is 1.90. The number of carboxylic acid groups (broad SMARTS) is 1. The van der Waals surface area contributed by atoms with Gasteiger partial charge in [-0.1, -0.05) is 0 Å². The molecule has 0 spiro atoms. The zero-order valence-electron chi connectivity index (χ0n) is 10.2. The van der Waals surface area contributed by atoms with Crippen molar-refractivity contribution in [1.29, 1.82) is 0 Å². The number of nitrogens with two attached hydrogens (primary N) is 1. The topological polar surface area (TPSA) is 109 Å². The summed E-state index contributed by atoms with van der Waals surface area (Å²) in [4.78, 5) is 21.8. The smallest absolute Gasteiger partial charge is 0.320 e. The van der Waals surface area contributed by atoms with Gasteiger partial charge in [-0.05, 0) is 18.1 Å². The Balaban J connectivity index is 2.16. The normalized spacial score (nSPS) is 11.9. The third kappa shape index (κ3) is 4.88. The van der Waals surface area contributed by atoms with Gasteiger partial charge in [0.2, 0.25) is 0 Å². The zero-order chi connectivity index (χ0) is 13.5. The van der Waals surface area contributed by atoms with Crippen LogP contribution in [0.5, 0.6) is 0 Å². The Labute approximate surface area is 105 Å². The van der Waals surface area contributed by atoms with Crippen LogP contribution in [0.2, 0.25) is 0 Å². The van der Waals surface area contributed by atoms with Crippen LogP contribution in [-0.4, -0.2) is 34.3 Å². The average molecular weight is 254 g/mol. The van der Waals surface area contributed by atoms with E-state index in [1.807, 2.05) is 30.1 Å². The first-order valence-electron chi connectivity index (χ1n) is 5.60. The average Bonchev–Trinajstić information content (AvgIpc) is 2.72. The summed E-state index contributed by atoms with van der Waals surface area (Å²) in [6.45, 7) is 0.658. The van der Waals surface area contributed by atoms with Gasteiger partial charge in [0.15, 0.2) is 0 Å². The van der Waals surface area contributed by atoms with Crippen LogP contribution in [-0.2, 0) is 18.4 Å². The van der Waals surface area contributed by atoms with Gasteiger partial charge >= 0.3 is 12.0 Å². The Bertz CT molecular complexity index is 416. The van der Waals surface area contributed by atoms with Crippen LogP contribution >= 0.6 is 0 Å². The molecule has 1 rings (SSSR count). The van der Waals surface area contributed by atoms with E-state index in [1.165, 1.54) is 0 Å². The molecule has 18 heavy (non-hydrogen) atoms. The molecule has 0 saturated heterocycles. The summed E-state index contributed by atoms with van der Waals surface area (Å²) in [5.74, 6) is -1.07. The molecular weight excluding hydrogens is 236 g/mol. The Morgan fingerprint density at radius 3 is 2.78 bits per heavy atom. The first-order valence-corrected chi connectivity index (χ1v) is 5.60. The largest absolute Gasteiger partial charge is 0.480 e. The van der Waals surface area contributed by atoms with E-state index in [4.69, 9.17) is 10.8 Å². The molecule has 7 heteroatoms. The van der Waals surface area contributed by atoms with Crippen molar-refractivity contribution >= 4 is 12.0 Å². The number of aliphatic carboxylic acids is 1. The maximum atomic E-state index is 11.4. The molecule has 2 amide bonds. The molecule has 0 aromatic carbocycles. The monoisotopic (exact) mass is 254 g/mol. The molecule has 100 valence electrons. The van der Waals surface area contributed by atoms with Crippen LogP contribution in [0.4, 0.5) is 4.79 Å². The molecule has 1 aromatic rings. The predicted molar refractivity (Wildman–Crippen MR) is 65.9 cm³/mol. The van der Waals surface area contributed by atoms with E-state index in [9.17, 15) is 9.59 Å². The van der Waals surface area contributed by atoms with Crippen LogP contribution in [0.3, 0.4) is 0 Å². The highest BCUT2D eigenvalue weighted by Crippen LogP contribution is 1.98. The Kier molecular flexibility index (Phi) is 5.19. The zero-order valence-corrected chi connectivity index (χ0v) is 10.2. The Morgan fingerprint density at radius 2 is 2.22 bits per heavy atom. The number of carboxylic acids is 1. The van der Waals surface area contributed by atoms with E-state index in [-0.39, 0.29) is 19.0 Å². The highest BCUT2D eigenvalue weighted by atomic mass is 16.4. The van der Waals surface area contributed by atoms with Crippen molar-refractivity contribution < 1.29 is 14.7 Å². The standard InChI is InChI=1S/C11H18N4O3/c1-15-5-3-8(7-15)6-14-11(18)13-4-2-9(12)10(16)17/h3,5,7,9H,2,4,6,12H2,1H3,(H,16,17)(H2,13,14,18)/t9-/m0/s1. The molecule has 1 heterocycles. The minimum absolute atomic E-state index is 0.202. The molecule has 1 aromatic heterocycles. The molecule has 5 N–H and O–H groups in total. The fourth-order valence-electron chi connectivity index (χ4n) is 1.38. The van der Waals surface area contributed by atoms with Gasteiger partial charge in [-0.3, -0.25) is 4.79 Å². The van der Waals surface area contributed by atoms with Crippen LogP contribution in [0.15, 0.2) is 18.5 Å². The van der Waals surface area contributed by atoms with Gasteiger partial charge in [0, 0.05) is 32.5 Å². The van der Waals surface area contributed by atoms with Crippen molar-refractivity contribution in [2.45, 2.75) is 19.0 Å². The van der Waals surface area contributed by atoms with Crippen LogP contribution < -0.4 is 16.4 Å². The number of urea groups is 1. The fourth-order valence-corrected chi connectivity index (χ4v) is 1.38. The minimum atomic E-state index is -1.07. The summed E-state index contributed by atoms with van der Waals surface area (Å²) in [6.07, 6.45) is 4.00. The van der Waals surface area contributed by atoms with E-state index in [0.29, 0.717) is 6.54 Å². The Hall–Kier alpha value is -2.02. The second-order valence-corrected chi connectivity index (χ2v) is 4.03. The number of nitrogens with zero attached hydrogens (tertiary/aromatic N) is 1. The number of aryl methyl sites for hydroxylation is 1. The highest BCUT2D eigenvalue weighted by molar-refractivity contribution is 5.74. The third-order valence-electron chi connectivity index (χ3n) is 2.40. The quantitative estimate of drug-likeness (QED) is 0.555. The molecular formula is C11H18N4O3. The van der Waals surface area contributed by atoms with Crippen LogP contribution in [0.1, 0.15) is 12.0 Å². The lowest BCUT2D eigenvalue weighted by atomic mass is 10.2. The second kappa shape index (κ2) is 6.65. The molecule has 1 atom stereocenters. The molecule has 0 unspecified atom stereocenters. The Morgan fingerprint density at radius 1 is 1.50 bits per heavy atom. The fraction of sp³-hybridized carbons (Fsp3) is 0.455. The number of nitrogens with one attached hydrogen (secondary N) is 2. The number of amides is 2. The minimum Gasteiger partial charge on any atom is -0.480 e. The maximum absolute atomic E-state index is 11.4. The number of hydrogen-bond acceptors (Lipinski definition) is 3. The van der Waals surface area contributed by atoms with E-state index in [1.54, 1.807) is 0 Å². The highest BCUT2D eigenvalue weighted by Gasteiger charge is 2.11. The molecule has 0 aliphatic carbocycles. The first kappa shape index (κ1) is 14.0. The van der Waals surface area contributed by atoms with Crippen molar-refractivity contribution in [3.05, 3.63) is 24.0 Å². The molecule has 7 nitrogen and oxygen atoms in total. The van der Waals surface area contributed by atoms with Gasteiger partial charge in [-0.2, -0.15) is 0 Å². The van der Waals surface area contributed by atoms with Crippen molar-refractivity contribution in [1.82, 2.24) is 15.2 Å². The van der Waals surface area contributed by atoms with Gasteiger partial charge in [0.25, 0.3) is 0 Å². The van der Waals surface area contributed by atoms with E-state index < -0.39 is 12.0 Å². The van der Waals surface area contributed by atoms with Crippen molar-refractivity contribution in [3.8, 4) is 0 Å². The van der Waals surface area contributed by atoms with Gasteiger partial charge in [-0.15, -0.1) is 0 Å². The molecule has 0 aliphatic rings. The maximum Gasteiger partial charge on any atom is 0.320 e. The summed E-state index contributed by atoms with van der Waals surface area (Å²) >= 11 is 0. The summed E-state index contributed by atoms with van der Waals surface area (Å²) in [5, 5.41) is 13.8. The number of aromatic nitrogens is 1. The van der Waals surface area contributed by atoms with E-state index in [2.05, 4.69) is 10.6 Å². The lowest BCUT2D eigenvalue weighted by Gasteiger charge is -2.08. The van der Waals surface area contributed by atoms with Gasteiger partial charge < -0.3 is 26.0 Å². The van der Waals surface area contributed by atoms with Crippen LogP contribution in [0.25, 0.3) is 0 Å². The molecule has 0 bridgehead atoms. The molecule has 0 fully saturated rings. The lowest BCUT2D eigenvalue weighted by Crippen LogP contribution is -2.39. The number of rotatable bonds is 6. The van der Waals surface area contributed by atoms with Crippen molar-refractivity contribution in [2.75, 3.05) is 6.54 Å². The lowest BCUT2D eigenvalue weighted by molar-refractivity contribution is -0.138. The van der Waals surface area contributed by atoms with Gasteiger partial charge in [0.05, 0.1) is 0 Å². The first-order chi connectivity index (χ1) is 8.49. The van der Waals surface area contributed by atoms with E-state index in [0.717, 1.165) is 5.56 Å². The number of carbonyl (C=O) groups is 2. The second-order valence-electron chi connectivity index (χ2n) is 4.03. The third-order valence-corrected chi connectivity index (χ3v) is 2.40. The van der Waals surface area contributed by atoms with Crippen molar-refractivity contribution in [3.63, 3.8) is 0 Å². The molecule has 0 saturated carbocycles. The molecule has 0 aliphatic heterocycles. The van der Waals surface area contributed by atoms with Gasteiger partial charge in [-0.25, -0.2) is 4.79 Å². The molecule has 0 radical (unpaired) electrons. The van der Waals surface area contributed by atoms with Crippen molar-refractivity contribution in [2.24, 2.45) is 12.8 Å². The number of carbonyl (C=O) groups excluding carboxylic acids is 1. The predicted octanol–water partition coefficient (Wildman–Crippen LogP) is -0.374. The van der Waals surface area contributed by atoms with Crippen LogP contribution in [0, 0.1) is 0 Å². The summed E-state index contributed by atoms with van der Waals surface area (Å²) in [5.41, 5.74) is 6.29. The summed E-state index contributed by atoms with van der Waals surface area (Å²) < 4.78 is 1.89. The van der Waals surface area contributed by atoms with Gasteiger partial charge in [0.1, 0.15) is 6.04 Å². The summed E-state index contributed by atoms with van der Waals surface area (Å²) in [6, 6.07) is 0.622. The van der Waals surface area contributed by atoms with E-state index >= 15 is 0 Å².